The lowest BCUT2D eigenvalue weighted by atomic mass is 10.2. The van der Waals surface area contributed by atoms with Crippen LogP contribution in [-0.4, -0.2) is 17.5 Å². The van der Waals surface area contributed by atoms with E-state index in [0.29, 0.717) is 0 Å². The summed E-state index contributed by atoms with van der Waals surface area (Å²) in [7, 11) is 0. The first-order valence-corrected chi connectivity index (χ1v) is 5.08. The third kappa shape index (κ3) is 3.76. The summed E-state index contributed by atoms with van der Waals surface area (Å²) in [6, 6.07) is 3.11. The Hall–Kier alpha value is -1.07. The summed E-state index contributed by atoms with van der Waals surface area (Å²) in [6.45, 7) is 4.92. The lowest BCUT2D eigenvalue weighted by Gasteiger charge is -2.22. The zero-order valence-corrected chi connectivity index (χ0v) is 9.30. The molecule has 0 aromatic carbocycles. The lowest BCUT2D eigenvalue weighted by molar-refractivity contribution is 0.351. The van der Waals surface area contributed by atoms with E-state index in [-0.39, 0.29) is 6.04 Å². The third-order valence-corrected chi connectivity index (χ3v) is 2.17. The average Bonchev–Trinajstić information content (AvgIpc) is 2.31. The molecule has 0 aliphatic carbocycles. The van der Waals surface area contributed by atoms with E-state index in [9.17, 15) is 0 Å². The first kappa shape index (κ1) is 11.0. The van der Waals surface area contributed by atoms with Crippen molar-refractivity contribution in [2.75, 3.05) is 6.54 Å². The summed E-state index contributed by atoms with van der Waals surface area (Å²) in [6.07, 6.45) is 6.84. The zero-order valence-electron chi connectivity index (χ0n) is 8.55. The second-order valence-corrected chi connectivity index (χ2v) is 3.82. The van der Waals surface area contributed by atoms with Gasteiger partial charge in [-0.1, -0.05) is 23.6 Å². The molecule has 3 heteroatoms. The van der Waals surface area contributed by atoms with Crippen molar-refractivity contribution in [3.63, 3.8) is 0 Å². The van der Waals surface area contributed by atoms with Gasteiger partial charge in [-0.2, -0.15) is 0 Å². The van der Waals surface area contributed by atoms with Gasteiger partial charge in [0.2, 0.25) is 0 Å². The maximum absolute atomic E-state index is 5.75. The maximum Gasteiger partial charge on any atom is 0.0889 e. The Labute approximate surface area is 90.6 Å². The van der Waals surface area contributed by atoms with Crippen molar-refractivity contribution in [1.82, 2.24) is 10.2 Å². The Balaban J connectivity index is 2.44. The molecular weight excluding hydrogens is 196 g/mol. The molecule has 1 aliphatic rings. The number of halogens is 1. The average molecular weight is 211 g/mol. The second-order valence-electron chi connectivity index (χ2n) is 3.22. The summed E-state index contributed by atoms with van der Waals surface area (Å²) < 4.78 is 0. The van der Waals surface area contributed by atoms with Crippen LogP contribution in [-0.2, 0) is 0 Å². The standard InChI is InChI=1S/C11H15ClN2/c1-10(12)4-3-8-14-9-7-13-6-5-11(14)2/h4,7,9,11,13H,3,8H2,1-2H3/b10-4-. The summed E-state index contributed by atoms with van der Waals surface area (Å²) in [5.74, 6) is 3.08. The number of rotatable bonds is 3. The van der Waals surface area contributed by atoms with Gasteiger partial charge in [0.05, 0.1) is 6.04 Å². The molecule has 1 heterocycles. The highest BCUT2D eigenvalue weighted by atomic mass is 35.5. The molecule has 0 bridgehead atoms. The fourth-order valence-electron chi connectivity index (χ4n) is 1.21. The first-order chi connectivity index (χ1) is 6.70. The minimum Gasteiger partial charge on any atom is -0.362 e. The number of nitrogens with zero attached hydrogens (tertiary/aromatic N) is 1. The summed E-state index contributed by atoms with van der Waals surface area (Å²) >= 11 is 5.75. The molecular formula is C11H15ClN2. The van der Waals surface area contributed by atoms with Gasteiger partial charge in [0.25, 0.3) is 0 Å². The summed E-state index contributed by atoms with van der Waals surface area (Å²) in [5, 5.41) is 3.73. The van der Waals surface area contributed by atoms with Gasteiger partial charge in [0, 0.05) is 30.0 Å². The van der Waals surface area contributed by atoms with Gasteiger partial charge in [0.1, 0.15) is 0 Å². The monoisotopic (exact) mass is 210 g/mol. The Morgan fingerprint density at radius 3 is 3.21 bits per heavy atom. The fraction of sp³-hybridized carbons (Fsp3) is 0.455. The molecule has 0 aromatic rings. The molecule has 76 valence electrons. The Morgan fingerprint density at radius 1 is 1.71 bits per heavy atom. The molecule has 1 N–H and O–H groups in total. The van der Waals surface area contributed by atoms with Gasteiger partial charge >= 0.3 is 0 Å². The number of hydrogen-bond acceptors (Lipinski definition) is 2. The van der Waals surface area contributed by atoms with Crippen LogP contribution in [0, 0.1) is 12.0 Å². The van der Waals surface area contributed by atoms with Gasteiger partial charge in [-0.3, -0.25) is 0 Å². The van der Waals surface area contributed by atoms with Crippen molar-refractivity contribution >= 4 is 11.6 Å². The van der Waals surface area contributed by atoms with Crippen LogP contribution in [0.15, 0.2) is 23.5 Å². The highest BCUT2D eigenvalue weighted by Crippen LogP contribution is 2.05. The van der Waals surface area contributed by atoms with Crippen LogP contribution >= 0.6 is 11.6 Å². The predicted molar refractivity (Wildman–Crippen MR) is 60.4 cm³/mol. The summed E-state index contributed by atoms with van der Waals surface area (Å²) in [5.41, 5.74) is 0. The van der Waals surface area contributed by atoms with Gasteiger partial charge in [-0.15, -0.1) is 0 Å². The van der Waals surface area contributed by atoms with Crippen LogP contribution in [0.25, 0.3) is 0 Å². The molecule has 0 fully saturated rings. The number of nitrogens with one attached hydrogen (secondary N) is 1. The van der Waals surface area contributed by atoms with E-state index in [2.05, 4.69) is 29.1 Å². The molecule has 0 aromatic heterocycles. The zero-order chi connectivity index (χ0) is 10.4. The molecule has 0 saturated heterocycles. The van der Waals surface area contributed by atoms with Gasteiger partial charge in [0.15, 0.2) is 0 Å². The quantitative estimate of drug-likeness (QED) is 0.719. The van der Waals surface area contributed by atoms with Crippen molar-refractivity contribution in [2.24, 2.45) is 0 Å². The largest absolute Gasteiger partial charge is 0.362 e. The molecule has 1 aliphatic heterocycles. The van der Waals surface area contributed by atoms with Gasteiger partial charge in [-0.05, 0) is 20.3 Å². The van der Waals surface area contributed by atoms with E-state index in [1.165, 1.54) is 0 Å². The van der Waals surface area contributed by atoms with Crippen LogP contribution in [0.5, 0.6) is 0 Å². The molecule has 1 unspecified atom stereocenters. The third-order valence-electron chi connectivity index (χ3n) is 2.01. The van der Waals surface area contributed by atoms with Gasteiger partial charge in [-0.25, -0.2) is 0 Å². The van der Waals surface area contributed by atoms with E-state index in [1.807, 2.05) is 25.4 Å². The molecule has 14 heavy (non-hydrogen) atoms. The normalized spacial score (nSPS) is 20.9. The minimum absolute atomic E-state index is 0.255. The summed E-state index contributed by atoms with van der Waals surface area (Å²) in [4.78, 5) is 2.18. The smallest absolute Gasteiger partial charge is 0.0889 e. The van der Waals surface area contributed by atoms with E-state index in [4.69, 9.17) is 11.6 Å². The molecule has 0 spiro atoms. The second kappa shape index (κ2) is 5.62. The van der Waals surface area contributed by atoms with E-state index in [0.717, 1.165) is 18.0 Å². The van der Waals surface area contributed by atoms with Crippen molar-refractivity contribution in [3.05, 3.63) is 23.5 Å². The lowest BCUT2D eigenvalue weighted by Crippen LogP contribution is -2.27. The van der Waals surface area contributed by atoms with Crippen LogP contribution in [0.2, 0.25) is 0 Å². The predicted octanol–water partition coefficient (Wildman–Crippen LogP) is 2.24. The highest BCUT2D eigenvalue weighted by molar-refractivity contribution is 6.29. The van der Waals surface area contributed by atoms with Crippen molar-refractivity contribution in [2.45, 2.75) is 26.3 Å². The van der Waals surface area contributed by atoms with Crippen molar-refractivity contribution < 1.29 is 0 Å². The topological polar surface area (TPSA) is 15.3 Å². The van der Waals surface area contributed by atoms with Gasteiger partial charge < -0.3 is 10.2 Å². The SMILES string of the molecule is C/C(Cl)=C/CCN1C=CNC#CC1C. The highest BCUT2D eigenvalue weighted by Gasteiger charge is 2.06. The molecule has 0 radical (unpaired) electrons. The van der Waals surface area contributed by atoms with E-state index >= 15 is 0 Å². The first-order valence-electron chi connectivity index (χ1n) is 4.71. The van der Waals surface area contributed by atoms with Crippen LogP contribution in [0.4, 0.5) is 0 Å². The molecule has 0 saturated carbocycles. The van der Waals surface area contributed by atoms with Crippen molar-refractivity contribution in [1.29, 1.82) is 0 Å². The van der Waals surface area contributed by atoms with Crippen LogP contribution in [0.3, 0.4) is 0 Å². The molecule has 1 atom stereocenters. The Kier molecular flexibility index (Phi) is 4.42. The number of hydrogen-bond donors (Lipinski definition) is 1. The van der Waals surface area contributed by atoms with E-state index in [1.54, 1.807) is 0 Å². The Morgan fingerprint density at radius 2 is 2.50 bits per heavy atom. The molecule has 2 nitrogen and oxygen atoms in total. The van der Waals surface area contributed by atoms with E-state index < -0.39 is 0 Å². The van der Waals surface area contributed by atoms with Crippen LogP contribution in [0.1, 0.15) is 20.3 Å². The minimum atomic E-state index is 0.255. The Bertz CT molecular complexity index is 292. The maximum atomic E-state index is 5.75. The number of allylic oxidation sites excluding steroid dienone is 1. The molecule has 0 amide bonds. The fourth-order valence-corrected chi connectivity index (χ4v) is 1.32. The molecule has 1 rings (SSSR count). The van der Waals surface area contributed by atoms with Crippen molar-refractivity contribution in [3.8, 4) is 12.0 Å². The van der Waals surface area contributed by atoms with Crippen LogP contribution < -0.4 is 5.32 Å².